The van der Waals surface area contributed by atoms with Crippen LogP contribution in [0.4, 0.5) is 0 Å². The fourth-order valence-corrected chi connectivity index (χ4v) is 2.12. The number of rotatable bonds is 6. The Bertz CT molecular complexity index is 319. The topological polar surface area (TPSA) is 24.9 Å². The first kappa shape index (κ1) is 14.8. The van der Waals surface area contributed by atoms with Crippen LogP contribution in [-0.2, 0) is 0 Å². The molecular formula is C13H21ClN2S. The summed E-state index contributed by atoms with van der Waals surface area (Å²) in [4.78, 5) is 4.24. The van der Waals surface area contributed by atoms with E-state index < -0.39 is 0 Å². The third-order valence-electron chi connectivity index (χ3n) is 2.28. The first-order chi connectivity index (χ1) is 7.97. The predicted molar refractivity (Wildman–Crippen MR) is 76.9 cm³/mol. The van der Waals surface area contributed by atoms with Gasteiger partial charge in [-0.25, -0.2) is 4.98 Å². The highest BCUT2D eigenvalue weighted by Crippen LogP contribution is 2.18. The minimum Gasteiger partial charge on any atom is -0.316 e. The van der Waals surface area contributed by atoms with Crippen LogP contribution >= 0.6 is 23.4 Å². The second kappa shape index (κ2) is 7.24. The number of aromatic nitrogens is 1. The first-order valence-electron chi connectivity index (χ1n) is 5.92. The van der Waals surface area contributed by atoms with Crippen LogP contribution in [-0.4, -0.2) is 23.8 Å². The van der Waals surface area contributed by atoms with E-state index in [4.69, 9.17) is 11.6 Å². The first-order valence-corrected chi connectivity index (χ1v) is 7.29. The molecule has 1 N–H and O–H groups in total. The highest BCUT2D eigenvalue weighted by molar-refractivity contribution is 7.99. The van der Waals surface area contributed by atoms with Gasteiger partial charge in [0.2, 0.25) is 0 Å². The molecule has 1 heterocycles. The van der Waals surface area contributed by atoms with E-state index >= 15 is 0 Å². The second-order valence-electron chi connectivity index (χ2n) is 5.22. The summed E-state index contributed by atoms with van der Waals surface area (Å²) in [5.74, 6) is 1.04. The summed E-state index contributed by atoms with van der Waals surface area (Å²) in [6.45, 7) is 8.90. The van der Waals surface area contributed by atoms with Gasteiger partial charge in [0.15, 0.2) is 0 Å². The molecule has 0 saturated heterocycles. The zero-order valence-electron chi connectivity index (χ0n) is 10.8. The molecule has 4 heteroatoms. The molecule has 96 valence electrons. The lowest BCUT2D eigenvalue weighted by molar-refractivity contribution is 0.369. The van der Waals surface area contributed by atoms with Gasteiger partial charge in [0.1, 0.15) is 0 Å². The standard InChI is InChI=1S/C13H21ClN2S/c1-13(2,3)6-7-15-8-9-17-12-5-4-11(14)10-16-12/h4-5,10,15H,6-9H2,1-3H3. The summed E-state index contributed by atoms with van der Waals surface area (Å²) in [6.07, 6.45) is 2.90. The summed E-state index contributed by atoms with van der Waals surface area (Å²) in [5, 5.41) is 5.18. The number of halogens is 1. The Hall–Kier alpha value is -0.250. The van der Waals surface area contributed by atoms with Gasteiger partial charge < -0.3 is 5.32 Å². The van der Waals surface area contributed by atoms with E-state index in [0.29, 0.717) is 10.4 Å². The van der Waals surface area contributed by atoms with E-state index in [-0.39, 0.29) is 0 Å². The Labute approximate surface area is 114 Å². The normalized spacial score (nSPS) is 11.8. The maximum atomic E-state index is 5.77. The molecule has 0 saturated carbocycles. The molecule has 1 rings (SSSR count). The Balaban J connectivity index is 2.07. The molecule has 2 nitrogen and oxygen atoms in total. The van der Waals surface area contributed by atoms with Gasteiger partial charge in [0.25, 0.3) is 0 Å². The molecule has 0 aliphatic heterocycles. The third kappa shape index (κ3) is 7.63. The summed E-state index contributed by atoms with van der Waals surface area (Å²) in [7, 11) is 0. The van der Waals surface area contributed by atoms with Gasteiger partial charge in [-0.3, -0.25) is 0 Å². The fourth-order valence-electron chi connectivity index (χ4n) is 1.26. The van der Waals surface area contributed by atoms with E-state index in [1.54, 1.807) is 18.0 Å². The summed E-state index contributed by atoms with van der Waals surface area (Å²) >= 11 is 7.53. The average molecular weight is 273 g/mol. The number of hydrogen-bond donors (Lipinski definition) is 1. The van der Waals surface area contributed by atoms with E-state index in [0.717, 1.165) is 23.9 Å². The van der Waals surface area contributed by atoms with Crippen LogP contribution in [0.5, 0.6) is 0 Å². The van der Waals surface area contributed by atoms with Crippen molar-refractivity contribution >= 4 is 23.4 Å². The largest absolute Gasteiger partial charge is 0.316 e. The van der Waals surface area contributed by atoms with Crippen molar-refractivity contribution in [3.63, 3.8) is 0 Å². The van der Waals surface area contributed by atoms with Crippen LogP contribution in [0.1, 0.15) is 27.2 Å². The van der Waals surface area contributed by atoms with Crippen molar-refractivity contribution in [2.24, 2.45) is 5.41 Å². The fraction of sp³-hybridized carbons (Fsp3) is 0.615. The molecule has 0 radical (unpaired) electrons. The minimum absolute atomic E-state index is 0.415. The van der Waals surface area contributed by atoms with Crippen molar-refractivity contribution in [2.45, 2.75) is 32.2 Å². The molecule has 0 amide bonds. The molecule has 1 aromatic rings. The lowest BCUT2D eigenvalue weighted by Crippen LogP contribution is -2.22. The van der Waals surface area contributed by atoms with Crippen LogP contribution in [0.3, 0.4) is 0 Å². The monoisotopic (exact) mass is 272 g/mol. The van der Waals surface area contributed by atoms with Crippen LogP contribution < -0.4 is 5.32 Å². The molecule has 0 aliphatic rings. The molecule has 0 fully saturated rings. The van der Waals surface area contributed by atoms with Crippen LogP contribution in [0.2, 0.25) is 5.02 Å². The molecular weight excluding hydrogens is 252 g/mol. The third-order valence-corrected chi connectivity index (χ3v) is 3.45. The highest BCUT2D eigenvalue weighted by Gasteiger charge is 2.08. The molecule has 1 aromatic heterocycles. The number of nitrogens with one attached hydrogen (secondary N) is 1. The molecule has 0 spiro atoms. The SMILES string of the molecule is CC(C)(C)CCNCCSc1ccc(Cl)cn1. The Kier molecular flexibility index (Phi) is 6.31. The zero-order chi connectivity index (χ0) is 12.7. The van der Waals surface area contributed by atoms with Gasteiger partial charge in [-0.15, -0.1) is 11.8 Å². The molecule has 0 aromatic carbocycles. The van der Waals surface area contributed by atoms with Gasteiger partial charge in [-0.05, 0) is 30.5 Å². The van der Waals surface area contributed by atoms with E-state index in [9.17, 15) is 0 Å². The van der Waals surface area contributed by atoms with Crippen LogP contribution in [0.25, 0.3) is 0 Å². The summed E-state index contributed by atoms with van der Waals surface area (Å²) in [6, 6.07) is 3.84. The average Bonchev–Trinajstić information content (AvgIpc) is 2.24. The number of pyridine rings is 1. The van der Waals surface area contributed by atoms with Crippen molar-refractivity contribution < 1.29 is 0 Å². The molecule has 0 bridgehead atoms. The predicted octanol–water partition coefficient (Wildman–Crippen LogP) is 3.85. The summed E-state index contributed by atoms with van der Waals surface area (Å²) < 4.78 is 0. The van der Waals surface area contributed by atoms with Crippen molar-refractivity contribution in [3.8, 4) is 0 Å². The van der Waals surface area contributed by atoms with Crippen molar-refractivity contribution in [3.05, 3.63) is 23.4 Å². The quantitative estimate of drug-likeness (QED) is 0.629. The number of hydrogen-bond acceptors (Lipinski definition) is 3. The smallest absolute Gasteiger partial charge is 0.0961 e. The number of nitrogens with zero attached hydrogens (tertiary/aromatic N) is 1. The Morgan fingerprint density at radius 2 is 2.06 bits per heavy atom. The van der Waals surface area contributed by atoms with Crippen LogP contribution in [0.15, 0.2) is 23.4 Å². The van der Waals surface area contributed by atoms with E-state index in [1.165, 1.54) is 6.42 Å². The Morgan fingerprint density at radius 1 is 1.29 bits per heavy atom. The lowest BCUT2D eigenvalue weighted by Gasteiger charge is -2.17. The summed E-state index contributed by atoms with van der Waals surface area (Å²) in [5.41, 5.74) is 0.415. The zero-order valence-corrected chi connectivity index (χ0v) is 12.4. The van der Waals surface area contributed by atoms with Gasteiger partial charge in [-0.1, -0.05) is 32.4 Å². The molecule has 17 heavy (non-hydrogen) atoms. The maximum Gasteiger partial charge on any atom is 0.0961 e. The van der Waals surface area contributed by atoms with Crippen LogP contribution in [0, 0.1) is 5.41 Å². The molecule has 0 unspecified atom stereocenters. The maximum absolute atomic E-state index is 5.77. The second-order valence-corrected chi connectivity index (χ2v) is 6.78. The van der Waals surface area contributed by atoms with Crippen molar-refractivity contribution in [1.82, 2.24) is 10.3 Å². The molecule has 0 aliphatic carbocycles. The van der Waals surface area contributed by atoms with Crippen molar-refractivity contribution in [2.75, 3.05) is 18.8 Å². The van der Waals surface area contributed by atoms with E-state index in [2.05, 4.69) is 31.1 Å². The number of thioether (sulfide) groups is 1. The van der Waals surface area contributed by atoms with Gasteiger partial charge in [0.05, 0.1) is 10.0 Å². The lowest BCUT2D eigenvalue weighted by atomic mass is 9.92. The van der Waals surface area contributed by atoms with Gasteiger partial charge >= 0.3 is 0 Å². The van der Waals surface area contributed by atoms with E-state index in [1.807, 2.05) is 12.1 Å². The Morgan fingerprint density at radius 3 is 2.65 bits per heavy atom. The van der Waals surface area contributed by atoms with Gasteiger partial charge in [-0.2, -0.15) is 0 Å². The highest BCUT2D eigenvalue weighted by atomic mass is 35.5. The van der Waals surface area contributed by atoms with Crippen molar-refractivity contribution in [1.29, 1.82) is 0 Å². The minimum atomic E-state index is 0.415. The molecule has 0 atom stereocenters. The van der Waals surface area contributed by atoms with Gasteiger partial charge in [0, 0.05) is 18.5 Å².